The van der Waals surface area contributed by atoms with Gasteiger partial charge in [0, 0.05) is 36.2 Å². The van der Waals surface area contributed by atoms with Crippen LogP contribution in [0, 0.1) is 0 Å². The predicted octanol–water partition coefficient (Wildman–Crippen LogP) is 1.01. The Morgan fingerprint density at radius 1 is 1.50 bits per heavy atom. The lowest BCUT2D eigenvalue weighted by atomic mass is 10.1. The minimum Gasteiger partial charge on any atom is -0.760 e. The second-order valence-corrected chi connectivity index (χ2v) is 4.20. The summed E-state index contributed by atoms with van der Waals surface area (Å²) in [6.07, 6.45) is 5.22. The van der Waals surface area contributed by atoms with E-state index in [2.05, 4.69) is 4.98 Å². The molecule has 1 aliphatic rings. The number of aromatic nitrogens is 1. The van der Waals surface area contributed by atoms with Gasteiger partial charge in [-0.15, -0.1) is 0 Å². The molecule has 1 aliphatic heterocycles. The van der Waals surface area contributed by atoms with E-state index >= 15 is 0 Å². The van der Waals surface area contributed by atoms with Crippen LogP contribution in [0.3, 0.4) is 0 Å². The summed E-state index contributed by atoms with van der Waals surface area (Å²) in [5.41, 5.74) is 1.03. The van der Waals surface area contributed by atoms with E-state index in [1.807, 2.05) is 12.1 Å². The minimum atomic E-state index is -2.11. The lowest BCUT2D eigenvalue weighted by Crippen LogP contribution is -2.25. The first kappa shape index (κ1) is 9.76. The van der Waals surface area contributed by atoms with Crippen molar-refractivity contribution in [3.63, 3.8) is 0 Å². The average molecular weight is 211 g/mol. The predicted molar refractivity (Wildman–Crippen MR) is 51.8 cm³/mol. The second-order valence-electron chi connectivity index (χ2n) is 3.30. The van der Waals surface area contributed by atoms with Crippen LogP contribution in [0.2, 0.25) is 0 Å². The fourth-order valence-corrected chi connectivity index (χ4v) is 2.55. The second kappa shape index (κ2) is 4.16. The van der Waals surface area contributed by atoms with Gasteiger partial charge in [-0.25, -0.2) is 4.31 Å². The van der Waals surface area contributed by atoms with Crippen LogP contribution in [0.15, 0.2) is 24.5 Å². The summed E-state index contributed by atoms with van der Waals surface area (Å²) < 4.78 is 23.3. The molecular formula is C9H11N2O2S-. The standard InChI is InChI=1S/C9H12N2O2S/c12-14(13)11-7-1-2-9(11)8-3-5-10-6-4-8/h3-6,9H,1-2,7H2,(H,12,13)/p-1/t9-/m0/s1. The van der Waals surface area contributed by atoms with Crippen molar-refractivity contribution < 1.29 is 8.76 Å². The van der Waals surface area contributed by atoms with Gasteiger partial charge in [0.1, 0.15) is 0 Å². The van der Waals surface area contributed by atoms with Crippen LogP contribution in [0.1, 0.15) is 24.4 Å². The van der Waals surface area contributed by atoms with Gasteiger partial charge >= 0.3 is 0 Å². The third kappa shape index (κ3) is 1.84. The highest BCUT2D eigenvalue weighted by molar-refractivity contribution is 7.76. The molecule has 2 atom stereocenters. The van der Waals surface area contributed by atoms with Crippen LogP contribution in [0.5, 0.6) is 0 Å². The van der Waals surface area contributed by atoms with E-state index < -0.39 is 11.3 Å². The maximum atomic E-state index is 10.9. The lowest BCUT2D eigenvalue weighted by molar-refractivity contribution is 0.375. The van der Waals surface area contributed by atoms with Gasteiger partial charge in [-0.05, 0) is 30.5 Å². The van der Waals surface area contributed by atoms with Crippen LogP contribution < -0.4 is 0 Å². The molecule has 0 bridgehead atoms. The average Bonchev–Trinajstić information content (AvgIpc) is 2.67. The highest BCUT2D eigenvalue weighted by Crippen LogP contribution is 2.31. The molecule has 1 fully saturated rings. The molecule has 2 heterocycles. The number of hydrogen-bond acceptors (Lipinski definition) is 3. The molecule has 1 unspecified atom stereocenters. The molecule has 0 radical (unpaired) electrons. The monoisotopic (exact) mass is 211 g/mol. The van der Waals surface area contributed by atoms with Crippen molar-refractivity contribution in [2.75, 3.05) is 6.54 Å². The van der Waals surface area contributed by atoms with Crippen molar-refractivity contribution in [1.29, 1.82) is 0 Å². The summed E-state index contributed by atoms with van der Waals surface area (Å²) in [6.45, 7) is 0.628. The molecular weight excluding hydrogens is 200 g/mol. The van der Waals surface area contributed by atoms with Gasteiger partial charge < -0.3 is 4.55 Å². The van der Waals surface area contributed by atoms with Crippen molar-refractivity contribution in [1.82, 2.24) is 9.29 Å². The topological polar surface area (TPSA) is 56.3 Å². The van der Waals surface area contributed by atoms with Crippen LogP contribution in [0.4, 0.5) is 0 Å². The fraction of sp³-hybridized carbons (Fsp3) is 0.444. The maximum Gasteiger partial charge on any atom is 0.0466 e. The van der Waals surface area contributed by atoms with E-state index in [1.165, 1.54) is 4.31 Å². The van der Waals surface area contributed by atoms with E-state index in [-0.39, 0.29) is 6.04 Å². The number of pyridine rings is 1. The Bertz CT molecular complexity index is 331. The Balaban J connectivity index is 2.22. The first-order valence-corrected chi connectivity index (χ1v) is 5.58. The van der Waals surface area contributed by atoms with Gasteiger partial charge in [0.05, 0.1) is 0 Å². The Labute approximate surface area is 85.4 Å². The van der Waals surface area contributed by atoms with Crippen molar-refractivity contribution in [2.24, 2.45) is 0 Å². The zero-order chi connectivity index (χ0) is 9.97. The molecule has 5 heteroatoms. The Hall–Kier alpha value is -0.780. The molecule has 0 amide bonds. The lowest BCUT2D eigenvalue weighted by Gasteiger charge is -2.25. The number of hydrogen-bond donors (Lipinski definition) is 0. The van der Waals surface area contributed by atoms with Crippen LogP contribution in [0.25, 0.3) is 0 Å². The Kier molecular flexibility index (Phi) is 2.90. The molecule has 2 rings (SSSR count). The Morgan fingerprint density at radius 3 is 2.86 bits per heavy atom. The highest BCUT2D eigenvalue weighted by Gasteiger charge is 2.26. The third-order valence-corrected chi connectivity index (χ3v) is 3.31. The number of rotatable bonds is 2. The molecule has 76 valence electrons. The number of nitrogens with zero attached hydrogens (tertiary/aromatic N) is 2. The van der Waals surface area contributed by atoms with E-state index in [0.717, 1.165) is 18.4 Å². The molecule has 0 aromatic carbocycles. The summed E-state index contributed by atoms with van der Waals surface area (Å²) >= 11 is -2.11. The molecule has 1 saturated heterocycles. The molecule has 1 aromatic heterocycles. The van der Waals surface area contributed by atoms with Crippen molar-refractivity contribution in [3.05, 3.63) is 30.1 Å². The van der Waals surface area contributed by atoms with Crippen LogP contribution >= 0.6 is 0 Å². The van der Waals surface area contributed by atoms with E-state index in [9.17, 15) is 8.76 Å². The molecule has 0 saturated carbocycles. The summed E-state index contributed by atoms with van der Waals surface area (Å²) in [4.78, 5) is 3.91. The largest absolute Gasteiger partial charge is 0.760 e. The van der Waals surface area contributed by atoms with Gasteiger partial charge in [0.2, 0.25) is 0 Å². The zero-order valence-corrected chi connectivity index (χ0v) is 8.44. The molecule has 4 nitrogen and oxygen atoms in total. The molecule has 1 aromatic rings. The first-order valence-electron chi connectivity index (χ1n) is 4.55. The molecule has 14 heavy (non-hydrogen) atoms. The SMILES string of the molecule is O=S([O-])N1CCC[C@H]1c1ccncc1. The summed E-state index contributed by atoms with van der Waals surface area (Å²) in [6, 6.07) is 3.75. The maximum absolute atomic E-state index is 10.9. The molecule has 0 N–H and O–H groups in total. The normalized spacial score (nSPS) is 25.1. The van der Waals surface area contributed by atoms with Crippen LogP contribution in [-0.2, 0) is 11.3 Å². The van der Waals surface area contributed by atoms with E-state index in [4.69, 9.17) is 0 Å². The van der Waals surface area contributed by atoms with Crippen molar-refractivity contribution >= 4 is 11.3 Å². The van der Waals surface area contributed by atoms with Crippen molar-refractivity contribution in [2.45, 2.75) is 18.9 Å². The fourth-order valence-electron chi connectivity index (χ4n) is 1.84. The third-order valence-electron chi connectivity index (χ3n) is 2.49. The van der Waals surface area contributed by atoms with Gasteiger partial charge in [-0.3, -0.25) is 9.19 Å². The Morgan fingerprint density at radius 2 is 2.21 bits per heavy atom. The van der Waals surface area contributed by atoms with Gasteiger partial charge in [-0.1, -0.05) is 0 Å². The van der Waals surface area contributed by atoms with Gasteiger partial charge in [0.25, 0.3) is 0 Å². The van der Waals surface area contributed by atoms with Gasteiger partial charge in [0.15, 0.2) is 0 Å². The van der Waals surface area contributed by atoms with Crippen LogP contribution in [-0.4, -0.2) is 24.6 Å². The zero-order valence-electron chi connectivity index (χ0n) is 7.63. The molecule has 0 spiro atoms. The van der Waals surface area contributed by atoms with Gasteiger partial charge in [-0.2, -0.15) is 0 Å². The smallest absolute Gasteiger partial charge is 0.0466 e. The summed E-state index contributed by atoms with van der Waals surface area (Å²) in [5.74, 6) is 0. The van der Waals surface area contributed by atoms with E-state index in [1.54, 1.807) is 12.4 Å². The highest BCUT2D eigenvalue weighted by atomic mass is 32.2. The van der Waals surface area contributed by atoms with Crippen molar-refractivity contribution in [3.8, 4) is 0 Å². The summed E-state index contributed by atoms with van der Waals surface area (Å²) in [7, 11) is 0. The summed E-state index contributed by atoms with van der Waals surface area (Å²) in [5, 5.41) is 0. The minimum absolute atomic E-state index is 0.0105. The molecule has 0 aliphatic carbocycles. The first-order chi connectivity index (χ1) is 6.79. The quantitative estimate of drug-likeness (QED) is 0.686. The van der Waals surface area contributed by atoms with E-state index in [0.29, 0.717) is 6.54 Å².